The van der Waals surface area contributed by atoms with Crippen LogP contribution in [0.15, 0.2) is 29.2 Å². The summed E-state index contributed by atoms with van der Waals surface area (Å²) in [6.07, 6.45) is 0. The Morgan fingerprint density at radius 3 is 2.50 bits per heavy atom. The highest BCUT2D eigenvalue weighted by atomic mass is 35.5. The lowest BCUT2D eigenvalue weighted by Crippen LogP contribution is -2.27. The molecule has 22 heavy (non-hydrogen) atoms. The number of rotatable bonds is 5. The molecule has 1 aromatic carbocycles. The van der Waals surface area contributed by atoms with Crippen molar-refractivity contribution in [3.63, 3.8) is 0 Å². The van der Waals surface area contributed by atoms with E-state index in [0.29, 0.717) is 10.1 Å². The molecule has 0 amide bonds. The molecule has 1 aromatic heterocycles. The van der Waals surface area contributed by atoms with Gasteiger partial charge in [-0.05, 0) is 26.0 Å². The van der Waals surface area contributed by atoms with E-state index in [0.717, 1.165) is 22.5 Å². The number of aryl methyl sites for hydroxylation is 1. The molecule has 0 aliphatic carbocycles. The van der Waals surface area contributed by atoms with Crippen LogP contribution in [0.5, 0.6) is 5.75 Å². The lowest BCUT2D eigenvalue weighted by atomic mass is 10.1. The van der Waals surface area contributed by atoms with E-state index in [2.05, 4.69) is 4.72 Å². The molecule has 0 bridgehead atoms. The minimum absolute atomic E-state index is 0.0114. The van der Waals surface area contributed by atoms with E-state index < -0.39 is 16.1 Å². The van der Waals surface area contributed by atoms with Crippen LogP contribution in [-0.4, -0.2) is 15.5 Å². The summed E-state index contributed by atoms with van der Waals surface area (Å²) < 4.78 is 33.2. The molecule has 2 aromatic rings. The van der Waals surface area contributed by atoms with Gasteiger partial charge >= 0.3 is 0 Å². The first kappa shape index (κ1) is 17.6. The maximum absolute atomic E-state index is 12.4. The minimum Gasteiger partial charge on any atom is -0.496 e. The van der Waals surface area contributed by atoms with Crippen LogP contribution in [0.3, 0.4) is 0 Å². The molecule has 0 spiro atoms. The van der Waals surface area contributed by atoms with Crippen molar-refractivity contribution in [2.75, 3.05) is 7.11 Å². The fourth-order valence-corrected chi connectivity index (χ4v) is 5.43. The first-order valence-corrected chi connectivity index (χ1v) is 9.42. The second kappa shape index (κ2) is 6.76. The normalized spacial score (nSPS) is 13.1. The Morgan fingerprint density at radius 2 is 1.95 bits per heavy atom. The van der Waals surface area contributed by atoms with Gasteiger partial charge in [-0.2, -0.15) is 0 Å². The maximum Gasteiger partial charge on any atom is 0.243 e. The van der Waals surface area contributed by atoms with Crippen molar-refractivity contribution in [3.8, 4) is 5.75 Å². The van der Waals surface area contributed by atoms with Crippen LogP contribution in [0.4, 0.5) is 0 Å². The highest BCUT2D eigenvalue weighted by Crippen LogP contribution is 2.35. The SMILES string of the molecule is COc1ccc(C)cc1C(C)NS(=O)(=O)c1cc(Cl)sc1Cl. The summed E-state index contributed by atoms with van der Waals surface area (Å²) in [5, 5.41) is 0. The van der Waals surface area contributed by atoms with Gasteiger partial charge in [0.15, 0.2) is 0 Å². The van der Waals surface area contributed by atoms with Gasteiger partial charge in [0.2, 0.25) is 10.0 Å². The predicted octanol–water partition coefficient (Wildman–Crippen LogP) is 4.41. The Hall–Kier alpha value is -0.790. The number of ether oxygens (including phenoxy) is 1. The molecule has 0 aliphatic heterocycles. The first-order chi connectivity index (χ1) is 10.2. The second-order valence-electron chi connectivity index (χ2n) is 4.78. The van der Waals surface area contributed by atoms with E-state index in [4.69, 9.17) is 27.9 Å². The zero-order valence-electron chi connectivity index (χ0n) is 12.2. The fourth-order valence-electron chi connectivity index (χ4n) is 2.06. The summed E-state index contributed by atoms with van der Waals surface area (Å²) in [6.45, 7) is 3.68. The third-order valence-corrected chi connectivity index (χ3v) is 6.39. The van der Waals surface area contributed by atoms with Crippen LogP contribution in [0, 0.1) is 6.92 Å². The molecule has 1 heterocycles. The lowest BCUT2D eigenvalue weighted by molar-refractivity contribution is 0.405. The molecular weight excluding hydrogens is 365 g/mol. The molecule has 4 nitrogen and oxygen atoms in total. The average Bonchev–Trinajstić information content (AvgIpc) is 2.78. The van der Waals surface area contributed by atoms with Crippen molar-refractivity contribution in [1.82, 2.24) is 4.72 Å². The van der Waals surface area contributed by atoms with Gasteiger partial charge in [0.1, 0.15) is 15.0 Å². The molecule has 0 fully saturated rings. The van der Waals surface area contributed by atoms with Gasteiger partial charge in [0, 0.05) is 11.6 Å². The van der Waals surface area contributed by atoms with Gasteiger partial charge in [-0.3, -0.25) is 0 Å². The number of benzene rings is 1. The van der Waals surface area contributed by atoms with Gasteiger partial charge in [-0.25, -0.2) is 13.1 Å². The van der Waals surface area contributed by atoms with E-state index in [1.807, 2.05) is 25.1 Å². The van der Waals surface area contributed by atoms with E-state index in [1.54, 1.807) is 14.0 Å². The van der Waals surface area contributed by atoms with Crippen LogP contribution in [0.25, 0.3) is 0 Å². The number of thiophene rings is 1. The summed E-state index contributed by atoms with van der Waals surface area (Å²) in [7, 11) is -2.22. The lowest BCUT2D eigenvalue weighted by Gasteiger charge is -2.18. The summed E-state index contributed by atoms with van der Waals surface area (Å²) in [5.41, 5.74) is 1.77. The third-order valence-electron chi connectivity index (χ3n) is 3.10. The smallest absolute Gasteiger partial charge is 0.243 e. The van der Waals surface area contributed by atoms with E-state index in [-0.39, 0.29) is 9.23 Å². The zero-order valence-corrected chi connectivity index (χ0v) is 15.3. The Labute approximate surface area is 144 Å². The molecular formula is C14H15Cl2NO3S2. The van der Waals surface area contributed by atoms with Gasteiger partial charge < -0.3 is 4.74 Å². The summed E-state index contributed by atoms with van der Waals surface area (Å²) in [4.78, 5) is -0.0114. The molecule has 8 heteroatoms. The van der Waals surface area contributed by atoms with E-state index in [1.165, 1.54) is 6.07 Å². The summed E-state index contributed by atoms with van der Waals surface area (Å²) >= 11 is 12.8. The topological polar surface area (TPSA) is 55.4 Å². The molecule has 0 saturated carbocycles. The van der Waals surface area contributed by atoms with Crippen LogP contribution in [0.2, 0.25) is 8.67 Å². The van der Waals surface area contributed by atoms with Gasteiger partial charge in [-0.15, -0.1) is 11.3 Å². The number of hydrogen-bond donors (Lipinski definition) is 1. The van der Waals surface area contributed by atoms with Crippen LogP contribution >= 0.6 is 34.5 Å². The number of nitrogens with one attached hydrogen (secondary N) is 1. The standard InChI is InChI=1S/C14H15Cl2NO3S2/c1-8-4-5-11(20-3)10(6-8)9(2)17-22(18,19)12-7-13(15)21-14(12)16/h4-7,9,17H,1-3H3. The number of sulfonamides is 1. The molecule has 1 N–H and O–H groups in total. The highest BCUT2D eigenvalue weighted by Gasteiger charge is 2.24. The minimum atomic E-state index is -3.77. The zero-order chi connectivity index (χ0) is 16.5. The van der Waals surface area contributed by atoms with Gasteiger partial charge in [-0.1, -0.05) is 40.9 Å². The van der Waals surface area contributed by atoms with E-state index >= 15 is 0 Å². The fraction of sp³-hybridized carbons (Fsp3) is 0.286. The summed E-state index contributed by atoms with van der Waals surface area (Å²) in [6, 6.07) is 6.46. The van der Waals surface area contributed by atoms with Crippen molar-refractivity contribution < 1.29 is 13.2 Å². The Balaban J connectivity index is 2.34. The quantitative estimate of drug-likeness (QED) is 0.836. The van der Waals surface area contributed by atoms with Crippen LogP contribution in [0.1, 0.15) is 24.1 Å². The highest BCUT2D eigenvalue weighted by molar-refractivity contribution is 7.89. The molecule has 2 rings (SSSR count). The van der Waals surface area contributed by atoms with Crippen molar-refractivity contribution in [2.45, 2.75) is 24.8 Å². The largest absolute Gasteiger partial charge is 0.496 e. The van der Waals surface area contributed by atoms with Crippen LogP contribution in [-0.2, 0) is 10.0 Å². The van der Waals surface area contributed by atoms with Crippen molar-refractivity contribution >= 4 is 44.6 Å². The van der Waals surface area contributed by atoms with Crippen molar-refractivity contribution in [2.24, 2.45) is 0 Å². The van der Waals surface area contributed by atoms with Gasteiger partial charge in [0.05, 0.1) is 11.4 Å². The first-order valence-electron chi connectivity index (χ1n) is 6.36. The van der Waals surface area contributed by atoms with Crippen LogP contribution < -0.4 is 9.46 Å². The Morgan fingerprint density at radius 1 is 1.27 bits per heavy atom. The van der Waals surface area contributed by atoms with Crippen molar-refractivity contribution in [1.29, 1.82) is 0 Å². The monoisotopic (exact) mass is 379 g/mol. The second-order valence-corrected chi connectivity index (χ2v) is 8.74. The van der Waals surface area contributed by atoms with E-state index in [9.17, 15) is 8.42 Å². The van der Waals surface area contributed by atoms with Crippen molar-refractivity contribution in [3.05, 3.63) is 44.1 Å². The average molecular weight is 380 g/mol. The molecule has 120 valence electrons. The molecule has 1 unspecified atom stereocenters. The number of methoxy groups -OCH3 is 1. The molecule has 0 aliphatic rings. The Kier molecular flexibility index (Phi) is 5.40. The predicted molar refractivity (Wildman–Crippen MR) is 90.8 cm³/mol. The third kappa shape index (κ3) is 3.75. The number of halogens is 2. The molecule has 0 radical (unpaired) electrons. The maximum atomic E-state index is 12.4. The summed E-state index contributed by atoms with van der Waals surface area (Å²) in [5.74, 6) is 0.621. The number of hydrogen-bond acceptors (Lipinski definition) is 4. The Bertz CT molecular complexity index is 787. The molecule has 0 saturated heterocycles. The molecule has 1 atom stereocenters. The van der Waals surface area contributed by atoms with Gasteiger partial charge in [0.25, 0.3) is 0 Å².